The van der Waals surface area contributed by atoms with Crippen molar-refractivity contribution in [3.05, 3.63) is 18.2 Å². The summed E-state index contributed by atoms with van der Waals surface area (Å²) in [6, 6.07) is 0. The van der Waals surface area contributed by atoms with Crippen LogP contribution in [0.2, 0.25) is 0 Å². The number of aliphatic hydroxyl groups is 1. The number of carbonyl (C=O) groups is 1. The summed E-state index contributed by atoms with van der Waals surface area (Å²) in [7, 11) is 1.36. The van der Waals surface area contributed by atoms with Gasteiger partial charge in [-0.2, -0.15) is 0 Å². The quantitative estimate of drug-likeness (QED) is 0.666. The fourth-order valence-corrected chi connectivity index (χ4v) is 0.933. The molecule has 1 N–H and O–H groups in total. The van der Waals surface area contributed by atoms with E-state index in [1.165, 1.54) is 7.11 Å². The zero-order valence-electron chi connectivity index (χ0n) is 7.43. The second kappa shape index (κ2) is 4.61. The molecule has 0 saturated heterocycles. The second-order valence-electron chi connectivity index (χ2n) is 2.59. The van der Waals surface area contributed by atoms with Crippen LogP contribution in [-0.4, -0.2) is 27.7 Å². The predicted molar refractivity (Wildman–Crippen MR) is 44.8 cm³/mol. The molecule has 0 spiro atoms. The number of hydrogen-bond donors (Lipinski definition) is 1. The van der Waals surface area contributed by atoms with Crippen molar-refractivity contribution in [1.82, 2.24) is 9.55 Å². The standard InChI is InChI=1S/C8H12N2O3/c1-13-8(12)2-3-10-4-7(5-11)9-6-10/h4,6,11H,2-3,5H2,1H3. The number of rotatable bonds is 4. The number of aromatic nitrogens is 2. The minimum absolute atomic E-state index is 0.0782. The number of ether oxygens (including phenoxy) is 1. The number of carbonyl (C=O) groups excluding carboxylic acids is 1. The molecule has 13 heavy (non-hydrogen) atoms. The molecule has 0 aromatic carbocycles. The first-order valence-electron chi connectivity index (χ1n) is 3.94. The molecule has 0 fully saturated rings. The molecular weight excluding hydrogens is 172 g/mol. The molecule has 0 aliphatic rings. The molecule has 1 rings (SSSR count). The molecular formula is C8H12N2O3. The van der Waals surface area contributed by atoms with Gasteiger partial charge in [0.25, 0.3) is 0 Å². The summed E-state index contributed by atoms with van der Waals surface area (Å²) in [5, 5.41) is 8.71. The molecule has 0 aliphatic carbocycles. The van der Waals surface area contributed by atoms with Gasteiger partial charge in [-0.15, -0.1) is 0 Å². The number of hydrogen-bond acceptors (Lipinski definition) is 4. The molecule has 5 heteroatoms. The lowest BCUT2D eigenvalue weighted by Gasteiger charge is -1.99. The van der Waals surface area contributed by atoms with Crippen LogP contribution in [0, 0.1) is 0 Å². The third-order valence-corrected chi connectivity index (χ3v) is 1.65. The molecule has 0 amide bonds. The first-order valence-corrected chi connectivity index (χ1v) is 3.94. The summed E-state index contributed by atoms with van der Waals surface area (Å²) in [6.45, 7) is 0.449. The van der Waals surface area contributed by atoms with Gasteiger partial charge in [0, 0.05) is 12.7 Å². The summed E-state index contributed by atoms with van der Waals surface area (Å²) in [5.74, 6) is -0.251. The Labute approximate surface area is 76.0 Å². The van der Waals surface area contributed by atoms with E-state index < -0.39 is 0 Å². The Morgan fingerprint density at radius 1 is 1.77 bits per heavy atom. The van der Waals surface area contributed by atoms with Gasteiger partial charge in [0.05, 0.1) is 32.2 Å². The van der Waals surface area contributed by atoms with E-state index in [1.807, 2.05) is 0 Å². The van der Waals surface area contributed by atoms with Crippen LogP contribution in [-0.2, 0) is 22.7 Å². The minimum Gasteiger partial charge on any atom is -0.469 e. The minimum atomic E-state index is -0.251. The summed E-state index contributed by atoms with van der Waals surface area (Å²) in [5.41, 5.74) is 0.602. The number of nitrogens with zero attached hydrogens (tertiary/aromatic N) is 2. The smallest absolute Gasteiger partial charge is 0.307 e. The highest BCUT2D eigenvalue weighted by Gasteiger charge is 2.01. The number of methoxy groups -OCH3 is 1. The molecule has 0 bridgehead atoms. The highest BCUT2D eigenvalue weighted by molar-refractivity contribution is 5.68. The Balaban J connectivity index is 2.41. The summed E-state index contributed by atoms with van der Waals surface area (Å²) < 4.78 is 6.22. The lowest BCUT2D eigenvalue weighted by molar-refractivity contribution is -0.140. The Morgan fingerprint density at radius 3 is 3.08 bits per heavy atom. The summed E-state index contributed by atoms with van der Waals surface area (Å²) >= 11 is 0. The van der Waals surface area contributed by atoms with Crippen molar-refractivity contribution < 1.29 is 14.6 Å². The van der Waals surface area contributed by atoms with E-state index >= 15 is 0 Å². The largest absolute Gasteiger partial charge is 0.469 e. The van der Waals surface area contributed by atoms with Crippen LogP contribution in [0.1, 0.15) is 12.1 Å². The monoisotopic (exact) mass is 184 g/mol. The third-order valence-electron chi connectivity index (χ3n) is 1.65. The highest BCUT2D eigenvalue weighted by Crippen LogP contribution is 1.97. The van der Waals surface area contributed by atoms with Gasteiger partial charge in [0.2, 0.25) is 0 Å². The Kier molecular flexibility index (Phi) is 3.45. The zero-order chi connectivity index (χ0) is 9.68. The van der Waals surface area contributed by atoms with Crippen LogP contribution < -0.4 is 0 Å². The van der Waals surface area contributed by atoms with Gasteiger partial charge in [0.1, 0.15) is 0 Å². The second-order valence-corrected chi connectivity index (χ2v) is 2.59. The zero-order valence-corrected chi connectivity index (χ0v) is 7.43. The Morgan fingerprint density at radius 2 is 2.54 bits per heavy atom. The number of esters is 1. The van der Waals surface area contributed by atoms with Crippen molar-refractivity contribution in [2.24, 2.45) is 0 Å². The SMILES string of the molecule is COC(=O)CCn1cnc(CO)c1. The van der Waals surface area contributed by atoms with Gasteiger partial charge in [-0.3, -0.25) is 4.79 Å². The lowest BCUT2D eigenvalue weighted by atomic mass is 10.4. The predicted octanol–water partition coefficient (Wildman–Crippen LogP) is -0.0615. The van der Waals surface area contributed by atoms with Crippen molar-refractivity contribution in [2.75, 3.05) is 7.11 Å². The van der Waals surface area contributed by atoms with Crippen molar-refractivity contribution >= 4 is 5.97 Å². The normalized spacial score (nSPS) is 10.0. The average molecular weight is 184 g/mol. The van der Waals surface area contributed by atoms with Crippen LogP contribution in [0.5, 0.6) is 0 Å². The number of imidazole rings is 1. The molecule has 0 atom stereocenters. The molecule has 0 unspecified atom stereocenters. The van der Waals surface area contributed by atoms with E-state index in [2.05, 4.69) is 9.72 Å². The van der Waals surface area contributed by atoms with Gasteiger partial charge in [-0.25, -0.2) is 4.98 Å². The van der Waals surface area contributed by atoms with Crippen molar-refractivity contribution in [3.63, 3.8) is 0 Å². The van der Waals surface area contributed by atoms with Gasteiger partial charge in [-0.05, 0) is 0 Å². The van der Waals surface area contributed by atoms with Gasteiger partial charge in [-0.1, -0.05) is 0 Å². The van der Waals surface area contributed by atoms with Gasteiger partial charge in [0.15, 0.2) is 0 Å². The molecule has 1 heterocycles. The molecule has 0 saturated carbocycles. The number of aryl methyl sites for hydroxylation is 1. The fraction of sp³-hybridized carbons (Fsp3) is 0.500. The Hall–Kier alpha value is -1.36. The van der Waals surface area contributed by atoms with Crippen LogP contribution >= 0.6 is 0 Å². The topological polar surface area (TPSA) is 64.4 Å². The van der Waals surface area contributed by atoms with E-state index in [4.69, 9.17) is 5.11 Å². The first kappa shape index (κ1) is 9.73. The van der Waals surface area contributed by atoms with E-state index in [0.29, 0.717) is 18.7 Å². The Bertz CT molecular complexity index is 283. The highest BCUT2D eigenvalue weighted by atomic mass is 16.5. The molecule has 0 radical (unpaired) electrons. The maximum atomic E-state index is 10.8. The maximum absolute atomic E-state index is 10.8. The first-order chi connectivity index (χ1) is 6.26. The summed E-state index contributed by atoms with van der Waals surface area (Å²) in [4.78, 5) is 14.7. The summed E-state index contributed by atoms with van der Waals surface area (Å²) in [6.07, 6.45) is 3.59. The molecule has 5 nitrogen and oxygen atoms in total. The molecule has 0 aliphatic heterocycles. The van der Waals surface area contributed by atoms with Crippen LogP contribution in [0.15, 0.2) is 12.5 Å². The average Bonchev–Trinajstić information content (AvgIpc) is 2.61. The van der Waals surface area contributed by atoms with E-state index in [-0.39, 0.29) is 12.6 Å². The van der Waals surface area contributed by atoms with E-state index in [0.717, 1.165) is 0 Å². The maximum Gasteiger partial charge on any atom is 0.307 e. The van der Waals surface area contributed by atoms with Crippen molar-refractivity contribution in [2.45, 2.75) is 19.6 Å². The van der Waals surface area contributed by atoms with E-state index in [1.54, 1.807) is 17.1 Å². The lowest BCUT2D eigenvalue weighted by Crippen LogP contribution is -2.05. The van der Waals surface area contributed by atoms with Crippen LogP contribution in [0.25, 0.3) is 0 Å². The van der Waals surface area contributed by atoms with E-state index in [9.17, 15) is 4.79 Å². The van der Waals surface area contributed by atoms with Crippen LogP contribution in [0.4, 0.5) is 0 Å². The van der Waals surface area contributed by atoms with Crippen molar-refractivity contribution in [3.8, 4) is 0 Å². The molecule has 1 aromatic rings. The molecule has 1 aromatic heterocycles. The third kappa shape index (κ3) is 2.87. The molecule has 72 valence electrons. The van der Waals surface area contributed by atoms with Crippen LogP contribution in [0.3, 0.4) is 0 Å². The van der Waals surface area contributed by atoms with Gasteiger partial charge >= 0.3 is 5.97 Å². The van der Waals surface area contributed by atoms with Crippen molar-refractivity contribution in [1.29, 1.82) is 0 Å². The number of aliphatic hydroxyl groups excluding tert-OH is 1. The fourth-order valence-electron chi connectivity index (χ4n) is 0.933. The van der Waals surface area contributed by atoms with Gasteiger partial charge < -0.3 is 14.4 Å².